The third kappa shape index (κ3) is 6.08. The Balaban J connectivity index is 4.49. The lowest BCUT2D eigenvalue weighted by Gasteiger charge is -2.29. The van der Waals surface area contributed by atoms with Gasteiger partial charge >= 0.3 is 12.0 Å². The summed E-state index contributed by atoms with van der Waals surface area (Å²) in [7, 11) is 3.03. The number of nitrogens with one attached hydrogen (secondary N) is 2. The largest absolute Gasteiger partial charge is 0.480 e. The summed E-state index contributed by atoms with van der Waals surface area (Å²) < 4.78 is 0. The molecule has 0 radical (unpaired) electrons. The van der Waals surface area contributed by atoms with Gasteiger partial charge in [-0.15, -0.1) is 0 Å². The first-order chi connectivity index (χ1) is 8.59. The lowest BCUT2D eigenvalue weighted by Crippen LogP contribution is -2.52. The number of carbonyl (C=O) groups is 3. The lowest BCUT2D eigenvalue weighted by molar-refractivity contribution is -0.142. The number of hydrogen-bond acceptors (Lipinski definition) is 3. The summed E-state index contributed by atoms with van der Waals surface area (Å²) in [5.74, 6) is -1.26. The molecule has 0 aromatic heterocycles. The van der Waals surface area contributed by atoms with Gasteiger partial charge in [0.1, 0.15) is 6.04 Å². The van der Waals surface area contributed by atoms with E-state index in [2.05, 4.69) is 10.6 Å². The molecule has 0 aliphatic rings. The highest BCUT2D eigenvalue weighted by Crippen LogP contribution is 2.19. The summed E-state index contributed by atoms with van der Waals surface area (Å²) in [6.45, 7) is 5.42. The smallest absolute Gasteiger partial charge is 0.326 e. The second-order valence-electron chi connectivity index (χ2n) is 5.43. The van der Waals surface area contributed by atoms with Crippen LogP contribution in [0.15, 0.2) is 0 Å². The van der Waals surface area contributed by atoms with Gasteiger partial charge in [0.15, 0.2) is 0 Å². The van der Waals surface area contributed by atoms with E-state index in [9.17, 15) is 14.4 Å². The molecule has 0 saturated carbocycles. The van der Waals surface area contributed by atoms with Crippen molar-refractivity contribution >= 4 is 17.9 Å². The van der Waals surface area contributed by atoms with Gasteiger partial charge in [0, 0.05) is 27.1 Å². The van der Waals surface area contributed by atoms with Gasteiger partial charge in [0.25, 0.3) is 0 Å². The van der Waals surface area contributed by atoms with E-state index < -0.39 is 23.5 Å². The summed E-state index contributed by atoms with van der Waals surface area (Å²) in [6, 6.07) is -1.49. The standard InChI is InChI=1S/C12H23N3O4/c1-12(2,3)9(10(17)18)14-11(19)15(5)7-6-8(16)13-4/h9H,6-7H2,1-5H3,(H,13,16)(H,14,19)(H,17,18). The Morgan fingerprint density at radius 2 is 1.79 bits per heavy atom. The van der Waals surface area contributed by atoms with E-state index in [4.69, 9.17) is 5.11 Å². The number of carboxylic acids is 1. The molecule has 0 fully saturated rings. The number of urea groups is 1. The zero-order chi connectivity index (χ0) is 15.2. The van der Waals surface area contributed by atoms with Crippen molar-refractivity contribution in [1.29, 1.82) is 0 Å². The topological polar surface area (TPSA) is 98.7 Å². The number of rotatable bonds is 5. The zero-order valence-electron chi connectivity index (χ0n) is 12.1. The van der Waals surface area contributed by atoms with E-state index in [1.807, 2.05) is 0 Å². The summed E-state index contributed by atoms with van der Waals surface area (Å²) in [6.07, 6.45) is 0.174. The maximum absolute atomic E-state index is 11.8. The minimum Gasteiger partial charge on any atom is -0.480 e. The molecular weight excluding hydrogens is 250 g/mol. The van der Waals surface area contributed by atoms with Crippen molar-refractivity contribution in [2.75, 3.05) is 20.6 Å². The Morgan fingerprint density at radius 3 is 2.16 bits per heavy atom. The van der Waals surface area contributed by atoms with E-state index in [0.717, 1.165) is 0 Å². The molecule has 110 valence electrons. The summed E-state index contributed by atoms with van der Waals surface area (Å²) in [4.78, 5) is 35.3. The molecule has 1 atom stereocenters. The first kappa shape index (κ1) is 17.2. The van der Waals surface area contributed by atoms with Gasteiger partial charge in [-0.2, -0.15) is 0 Å². The number of nitrogens with zero attached hydrogens (tertiary/aromatic N) is 1. The van der Waals surface area contributed by atoms with Gasteiger partial charge in [-0.3, -0.25) is 4.79 Å². The highest BCUT2D eigenvalue weighted by atomic mass is 16.4. The minimum absolute atomic E-state index is 0.174. The number of aliphatic carboxylic acids is 1. The molecule has 0 aromatic rings. The maximum Gasteiger partial charge on any atom is 0.326 e. The van der Waals surface area contributed by atoms with Crippen LogP contribution in [0.3, 0.4) is 0 Å². The molecule has 0 bridgehead atoms. The zero-order valence-corrected chi connectivity index (χ0v) is 12.1. The highest BCUT2D eigenvalue weighted by Gasteiger charge is 2.33. The predicted octanol–water partition coefficient (Wildman–Crippen LogP) is 0.263. The van der Waals surface area contributed by atoms with E-state index in [-0.39, 0.29) is 18.9 Å². The molecule has 0 rings (SSSR count). The van der Waals surface area contributed by atoms with Gasteiger partial charge in [-0.25, -0.2) is 9.59 Å². The molecule has 0 aromatic carbocycles. The van der Waals surface area contributed by atoms with Crippen LogP contribution in [0.2, 0.25) is 0 Å². The number of carbonyl (C=O) groups excluding carboxylic acids is 2. The minimum atomic E-state index is -1.08. The third-order valence-electron chi connectivity index (χ3n) is 2.68. The Kier molecular flexibility index (Phi) is 6.31. The molecule has 7 nitrogen and oxygen atoms in total. The van der Waals surface area contributed by atoms with Crippen molar-refractivity contribution in [3.05, 3.63) is 0 Å². The van der Waals surface area contributed by atoms with Crippen LogP contribution in [0.4, 0.5) is 4.79 Å². The summed E-state index contributed by atoms with van der Waals surface area (Å²) in [5.41, 5.74) is -0.594. The van der Waals surface area contributed by atoms with Crippen molar-refractivity contribution in [2.45, 2.75) is 33.2 Å². The SMILES string of the molecule is CNC(=O)CCN(C)C(=O)NC(C(=O)O)C(C)(C)C. The van der Waals surface area contributed by atoms with Crippen LogP contribution in [0, 0.1) is 5.41 Å². The Morgan fingerprint density at radius 1 is 1.26 bits per heavy atom. The van der Waals surface area contributed by atoms with Crippen LogP contribution in [-0.2, 0) is 9.59 Å². The van der Waals surface area contributed by atoms with E-state index in [1.54, 1.807) is 20.8 Å². The third-order valence-corrected chi connectivity index (χ3v) is 2.68. The fourth-order valence-electron chi connectivity index (χ4n) is 1.38. The summed E-state index contributed by atoms with van der Waals surface area (Å²) in [5, 5.41) is 14.0. The lowest BCUT2D eigenvalue weighted by atomic mass is 9.87. The Bertz CT molecular complexity index is 349. The van der Waals surface area contributed by atoms with Gasteiger partial charge in [-0.05, 0) is 5.41 Å². The number of carboxylic acid groups (broad SMARTS) is 1. The molecule has 0 spiro atoms. The van der Waals surface area contributed by atoms with Crippen LogP contribution < -0.4 is 10.6 Å². The summed E-state index contributed by atoms with van der Waals surface area (Å²) >= 11 is 0. The van der Waals surface area contributed by atoms with Crippen LogP contribution >= 0.6 is 0 Å². The average molecular weight is 273 g/mol. The second-order valence-corrected chi connectivity index (χ2v) is 5.43. The first-order valence-electron chi connectivity index (χ1n) is 6.04. The molecule has 3 N–H and O–H groups in total. The number of hydrogen-bond donors (Lipinski definition) is 3. The van der Waals surface area contributed by atoms with Gasteiger partial charge < -0.3 is 20.6 Å². The van der Waals surface area contributed by atoms with Crippen LogP contribution in [0.1, 0.15) is 27.2 Å². The average Bonchev–Trinajstić information content (AvgIpc) is 2.29. The highest BCUT2D eigenvalue weighted by molar-refractivity contribution is 5.83. The van der Waals surface area contributed by atoms with Gasteiger partial charge in [0.05, 0.1) is 0 Å². The molecule has 1 unspecified atom stereocenters. The van der Waals surface area contributed by atoms with Crippen LogP contribution in [0.25, 0.3) is 0 Å². The van der Waals surface area contributed by atoms with E-state index in [1.165, 1.54) is 19.0 Å². The van der Waals surface area contributed by atoms with Crippen molar-refractivity contribution in [1.82, 2.24) is 15.5 Å². The Labute approximate surface area is 113 Å². The second kappa shape index (κ2) is 6.96. The molecule has 7 heteroatoms. The Hall–Kier alpha value is -1.79. The normalized spacial score (nSPS) is 12.5. The van der Waals surface area contributed by atoms with Crippen molar-refractivity contribution in [3.8, 4) is 0 Å². The van der Waals surface area contributed by atoms with Gasteiger partial charge in [0.2, 0.25) is 5.91 Å². The van der Waals surface area contributed by atoms with E-state index in [0.29, 0.717) is 0 Å². The molecule has 0 aliphatic carbocycles. The monoisotopic (exact) mass is 273 g/mol. The maximum atomic E-state index is 11.8. The van der Waals surface area contributed by atoms with Crippen molar-refractivity contribution in [2.24, 2.45) is 5.41 Å². The number of amides is 3. The fraction of sp³-hybridized carbons (Fsp3) is 0.750. The van der Waals surface area contributed by atoms with E-state index >= 15 is 0 Å². The molecule has 0 saturated heterocycles. The van der Waals surface area contributed by atoms with Crippen molar-refractivity contribution < 1.29 is 19.5 Å². The van der Waals surface area contributed by atoms with Gasteiger partial charge in [-0.1, -0.05) is 20.8 Å². The van der Waals surface area contributed by atoms with Crippen LogP contribution in [0.5, 0.6) is 0 Å². The van der Waals surface area contributed by atoms with Crippen molar-refractivity contribution in [3.63, 3.8) is 0 Å². The first-order valence-corrected chi connectivity index (χ1v) is 6.04. The predicted molar refractivity (Wildman–Crippen MR) is 70.7 cm³/mol. The molecular formula is C12H23N3O4. The molecule has 0 aliphatic heterocycles. The molecule has 0 heterocycles. The molecule has 19 heavy (non-hydrogen) atoms. The van der Waals surface area contributed by atoms with Crippen LogP contribution in [-0.4, -0.2) is 54.6 Å². The molecule has 3 amide bonds. The fourth-order valence-corrected chi connectivity index (χ4v) is 1.38. The quantitative estimate of drug-likeness (QED) is 0.669.